The zero-order chi connectivity index (χ0) is 20.8. The average molecular weight is 407 g/mol. The second-order valence-electron chi connectivity index (χ2n) is 8.35. The molecule has 158 valence electrons. The van der Waals surface area contributed by atoms with Gasteiger partial charge in [-0.1, -0.05) is 38.2 Å². The molecule has 2 heterocycles. The fourth-order valence-corrected chi connectivity index (χ4v) is 4.78. The number of aromatic nitrogens is 1. The van der Waals surface area contributed by atoms with Crippen molar-refractivity contribution in [3.8, 4) is 0 Å². The Bertz CT molecular complexity index is 847. The number of carbonyl (C=O) groups is 2. The lowest BCUT2D eigenvalue weighted by Crippen LogP contribution is -2.42. The van der Waals surface area contributed by atoms with Crippen LogP contribution in [0.3, 0.4) is 0 Å². The molecule has 2 amide bonds. The largest absolute Gasteiger partial charge is 0.346 e. The Kier molecular flexibility index (Phi) is 6.74. The lowest BCUT2D eigenvalue weighted by Gasteiger charge is -2.30. The van der Waals surface area contributed by atoms with E-state index in [1.165, 1.54) is 32.1 Å². The third kappa shape index (κ3) is 5.05. The van der Waals surface area contributed by atoms with Crippen LogP contribution in [-0.2, 0) is 11.3 Å². The smallest absolute Gasteiger partial charge is 0.251 e. The van der Waals surface area contributed by atoms with E-state index in [0.29, 0.717) is 23.9 Å². The SMILES string of the molecule is O=C(NCc1ccccn1)c1ccc(NC(=O)[C@H]2NCC[C@H]2C2CCCCC2)cc1. The summed E-state index contributed by atoms with van der Waals surface area (Å²) in [6, 6.07) is 12.6. The Hall–Kier alpha value is -2.73. The quantitative estimate of drug-likeness (QED) is 0.686. The molecule has 0 bridgehead atoms. The number of amides is 2. The summed E-state index contributed by atoms with van der Waals surface area (Å²) in [5.74, 6) is 0.973. The maximum Gasteiger partial charge on any atom is 0.251 e. The van der Waals surface area contributed by atoms with Gasteiger partial charge in [0.25, 0.3) is 5.91 Å². The van der Waals surface area contributed by atoms with Gasteiger partial charge < -0.3 is 16.0 Å². The van der Waals surface area contributed by atoms with Crippen LogP contribution in [0.2, 0.25) is 0 Å². The lowest BCUT2D eigenvalue weighted by atomic mass is 9.76. The molecule has 2 atom stereocenters. The Morgan fingerprint density at radius 3 is 2.53 bits per heavy atom. The van der Waals surface area contributed by atoms with Gasteiger partial charge >= 0.3 is 0 Å². The molecule has 0 spiro atoms. The maximum atomic E-state index is 12.9. The van der Waals surface area contributed by atoms with E-state index in [-0.39, 0.29) is 17.9 Å². The fraction of sp³-hybridized carbons (Fsp3) is 0.458. The van der Waals surface area contributed by atoms with Gasteiger partial charge in [0.1, 0.15) is 0 Å². The van der Waals surface area contributed by atoms with Crippen molar-refractivity contribution >= 4 is 17.5 Å². The first-order chi connectivity index (χ1) is 14.7. The lowest BCUT2D eigenvalue weighted by molar-refractivity contribution is -0.119. The summed E-state index contributed by atoms with van der Waals surface area (Å²) in [4.78, 5) is 29.4. The van der Waals surface area contributed by atoms with Crippen LogP contribution in [0.1, 0.15) is 54.6 Å². The summed E-state index contributed by atoms with van der Waals surface area (Å²) in [5, 5.41) is 9.30. The molecule has 2 aromatic rings. The van der Waals surface area contributed by atoms with Gasteiger partial charge in [0, 0.05) is 17.4 Å². The van der Waals surface area contributed by atoms with E-state index in [1.807, 2.05) is 18.2 Å². The normalized spacial score (nSPS) is 21.9. The van der Waals surface area contributed by atoms with E-state index in [1.54, 1.807) is 30.5 Å². The molecule has 6 nitrogen and oxygen atoms in total. The number of benzene rings is 1. The minimum absolute atomic E-state index is 0.0374. The van der Waals surface area contributed by atoms with Gasteiger partial charge in [-0.2, -0.15) is 0 Å². The predicted molar refractivity (Wildman–Crippen MR) is 117 cm³/mol. The average Bonchev–Trinajstić information content (AvgIpc) is 3.29. The zero-order valence-corrected chi connectivity index (χ0v) is 17.3. The van der Waals surface area contributed by atoms with E-state index >= 15 is 0 Å². The molecule has 1 aromatic heterocycles. The highest BCUT2D eigenvalue weighted by Crippen LogP contribution is 2.36. The summed E-state index contributed by atoms with van der Waals surface area (Å²) < 4.78 is 0. The molecule has 2 fully saturated rings. The second kappa shape index (κ2) is 9.85. The molecule has 0 unspecified atom stereocenters. The first-order valence-corrected chi connectivity index (χ1v) is 11.0. The van der Waals surface area contributed by atoms with Gasteiger partial charge in [0.2, 0.25) is 5.91 Å². The monoisotopic (exact) mass is 406 g/mol. The van der Waals surface area contributed by atoms with Crippen LogP contribution in [0.25, 0.3) is 0 Å². The molecule has 1 saturated carbocycles. The van der Waals surface area contributed by atoms with Crippen molar-refractivity contribution < 1.29 is 9.59 Å². The maximum absolute atomic E-state index is 12.9. The Balaban J connectivity index is 1.31. The number of hydrogen-bond donors (Lipinski definition) is 3. The molecular formula is C24H30N4O2. The number of hydrogen-bond acceptors (Lipinski definition) is 4. The highest BCUT2D eigenvalue weighted by Gasteiger charge is 2.38. The summed E-state index contributed by atoms with van der Waals surface area (Å²) in [6.45, 7) is 1.29. The minimum atomic E-state index is -0.159. The van der Waals surface area contributed by atoms with Gasteiger partial charge in [0.15, 0.2) is 0 Å². The highest BCUT2D eigenvalue weighted by molar-refractivity contribution is 5.97. The van der Waals surface area contributed by atoms with E-state index in [0.717, 1.165) is 24.3 Å². The summed E-state index contributed by atoms with van der Waals surface area (Å²) in [5.41, 5.74) is 2.09. The summed E-state index contributed by atoms with van der Waals surface area (Å²) in [6.07, 6.45) is 9.19. The Morgan fingerprint density at radius 2 is 1.80 bits per heavy atom. The van der Waals surface area contributed by atoms with Crippen LogP contribution < -0.4 is 16.0 Å². The molecule has 1 saturated heterocycles. The van der Waals surface area contributed by atoms with Crippen molar-refractivity contribution in [2.24, 2.45) is 11.8 Å². The molecule has 1 aliphatic carbocycles. The van der Waals surface area contributed by atoms with Crippen LogP contribution in [-0.4, -0.2) is 29.4 Å². The second-order valence-corrected chi connectivity index (χ2v) is 8.35. The highest BCUT2D eigenvalue weighted by atomic mass is 16.2. The molecule has 30 heavy (non-hydrogen) atoms. The van der Waals surface area contributed by atoms with Crippen LogP contribution in [0.15, 0.2) is 48.7 Å². The minimum Gasteiger partial charge on any atom is -0.346 e. The summed E-state index contributed by atoms with van der Waals surface area (Å²) in [7, 11) is 0. The van der Waals surface area contributed by atoms with E-state index in [4.69, 9.17) is 0 Å². The summed E-state index contributed by atoms with van der Waals surface area (Å²) >= 11 is 0. The third-order valence-corrected chi connectivity index (χ3v) is 6.38. The number of rotatable bonds is 6. The van der Waals surface area contributed by atoms with Crippen molar-refractivity contribution in [3.63, 3.8) is 0 Å². The number of nitrogens with zero attached hydrogens (tertiary/aromatic N) is 1. The van der Waals surface area contributed by atoms with Crippen LogP contribution in [0.5, 0.6) is 0 Å². The van der Waals surface area contributed by atoms with Gasteiger partial charge in [-0.15, -0.1) is 0 Å². The first kappa shape index (κ1) is 20.5. The Labute approximate surface area is 177 Å². The van der Waals surface area contributed by atoms with Crippen LogP contribution >= 0.6 is 0 Å². The standard InChI is InChI=1S/C24H30N4O2/c29-23(27-16-20-8-4-5-14-25-20)18-9-11-19(12-10-18)28-24(30)22-21(13-15-26-22)17-6-2-1-3-7-17/h4-5,8-12,14,17,21-22,26H,1-3,6-7,13,15-16H2,(H,27,29)(H,28,30)/t21-,22-/m0/s1. The van der Waals surface area contributed by atoms with Crippen LogP contribution in [0.4, 0.5) is 5.69 Å². The van der Waals surface area contributed by atoms with Crippen molar-refractivity contribution in [2.75, 3.05) is 11.9 Å². The Morgan fingerprint density at radius 1 is 1.00 bits per heavy atom. The third-order valence-electron chi connectivity index (χ3n) is 6.38. The predicted octanol–water partition coefficient (Wildman–Crippen LogP) is 3.51. The topological polar surface area (TPSA) is 83.1 Å². The van der Waals surface area contributed by atoms with E-state index in [2.05, 4.69) is 20.9 Å². The number of anilines is 1. The molecule has 3 N–H and O–H groups in total. The van der Waals surface area contributed by atoms with Crippen molar-refractivity contribution in [1.29, 1.82) is 0 Å². The van der Waals surface area contributed by atoms with Crippen molar-refractivity contribution in [3.05, 3.63) is 59.9 Å². The number of carbonyl (C=O) groups excluding carboxylic acids is 2. The molecule has 1 aromatic carbocycles. The molecule has 2 aliphatic rings. The van der Waals surface area contributed by atoms with E-state index in [9.17, 15) is 9.59 Å². The van der Waals surface area contributed by atoms with Crippen molar-refractivity contribution in [1.82, 2.24) is 15.6 Å². The van der Waals surface area contributed by atoms with Gasteiger partial charge in [0.05, 0.1) is 18.3 Å². The first-order valence-electron chi connectivity index (χ1n) is 11.0. The molecule has 1 aliphatic heterocycles. The van der Waals surface area contributed by atoms with Gasteiger partial charge in [-0.25, -0.2) is 0 Å². The van der Waals surface area contributed by atoms with Crippen molar-refractivity contribution in [2.45, 2.75) is 51.1 Å². The van der Waals surface area contributed by atoms with Crippen LogP contribution in [0, 0.1) is 11.8 Å². The number of pyridine rings is 1. The molecular weight excluding hydrogens is 376 g/mol. The molecule has 0 radical (unpaired) electrons. The van der Waals surface area contributed by atoms with Gasteiger partial charge in [-0.05, 0) is 61.2 Å². The van der Waals surface area contributed by atoms with Gasteiger partial charge in [-0.3, -0.25) is 14.6 Å². The zero-order valence-electron chi connectivity index (χ0n) is 17.3. The molecule has 4 rings (SSSR count). The number of nitrogens with one attached hydrogen (secondary N) is 3. The van der Waals surface area contributed by atoms with E-state index < -0.39 is 0 Å². The molecule has 6 heteroatoms. The fourth-order valence-electron chi connectivity index (χ4n) is 4.78.